The number of rotatable bonds is 4. The summed E-state index contributed by atoms with van der Waals surface area (Å²) < 4.78 is 1.69. The Balaban J connectivity index is 2.26. The van der Waals surface area contributed by atoms with Gasteiger partial charge in [0.05, 0.1) is 17.4 Å². The average Bonchev–Trinajstić information content (AvgIpc) is 2.80. The molecule has 80 valence electrons. The molecule has 1 heterocycles. The van der Waals surface area contributed by atoms with Crippen LogP contribution in [0.3, 0.4) is 0 Å². The van der Waals surface area contributed by atoms with Gasteiger partial charge in [-0.15, -0.1) is 6.58 Å². The number of hydrogen-bond donors (Lipinski definition) is 0. The molecule has 1 aromatic heterocycles. The van der Waals surface area contributed by atoms with Crippen molar-refractivity contribution in [1.82, 2.24) is 9.78 Å². The summed E-state index contributed by atoms with van der Waals surface area (Å²) in [5.41, 5.74) is 1.56. The molecule has 0 spiro atoms. The van der Waals surface area contributed by atoms with Crippen molar-refractivity contribution in [3.05, 3.63) is 60.9 Å². The highest BCUT2D eigenvalue weighted by atomic mass is 16.1. The van der Waals surface area contributed by atoms with E-state index in [1.165, 1.54) is 0 Å². The number of ketones is 1. The molecule has 2 rings (SSSR count). The van der Waals surface area contributed by atoms with E-state index in [2.05, 4.69) is 11.7 Å². The molecule has 0 aliphatic rings. The van der Waals surface area contributed by atoms with Crippen LogP contribution in [0, 0.1) is 0 Å². The number of benzene rings is 1. The van der Waals surface area contributed by atoms with Crippen molar-refractivity contribution in [3.63, 3.8) is 0 Å². The van der Waals surface area contributed by atoms with Gasteiger partial charge in [-0.1, -0.05) is 24.3 Å². The van der Waals surface area contributed by atoms with E-state index < -0.39 is 0 Å². The van der Waals surface area contributed by atoms with E-state index in [0.717, 1.165) is 5.69 Å². The number of aromatic nitrogens is 2. The minimum Gasteiger partial charge on any atom is -0.294 e. The predicted octanol–water partition coefficient (Wildman–Crippen LogP) is 2.63. The predicted molar refractivity (Wildman–Crippen MR) is 62.7 cm³/mol. The quantitative estimate of drug-likeness (QED) is 0.576. The van der Waals surface area contributed by atoms with Crippen LogP contribution in [0.2, 0.25) is 0 Å². The Labute approximate surface area is 94.0 Å². The van der Waals surface area contributed by atoms with Crippen molar-refractivity contribution in [3.8, 4) is 5.69 Å². The van der Waals surface area contributed by atoms with Crippen molar-refractivity contribution in [2.45, 2.75) is 6.42 Å². The standard InChI is InChI=1S/C13H12N2O/c1-2-6-13(16)11-9-14-15(10-11)12-7-4-3-5-8-12/h2-5,7-10H,1,6H2. The van der Waals surface area contributed by atoms with Crippen LogP contribution in [-0.4, -0.2) is 15.6 Å². The van der Waals surface area contributed by atoms with E-state index in [1.807, 2.05) is 30.3 Å². The normalized spacial score (nSPS) is 10.0. The van der Waals surface area contributed by atoms with Crippen molar-refractivity contribution in [2.75, 3.05) is 0 Å². The lowest BCUT2D eigenvalue weighted by atomic mass is 10.2. The first kappa shape index (κ1) is 10.4. The molecule has 0 saturated heterocycles. The van der Waals surface area contributed by atoms with Crippen LogP contribution in [0.5, 0.6) is 0 Å². The third-order valence-electron chi connectivity index (χ3n) is 2.26. The summed E-state index contributed by atoms with van der Waals surface area (Å²) in [7, 11) is 0. The first-order valence-corrected chi connectivity index (χ1v) is 5.05. The van der Waals surface area contributed by atoms with Crippen molar-refractivity contribution < 1.29 is 4.79 Å². The highest BCUT2D eigenvalue weighted by Crippen LogP contribution is 2.09. The Hall–Kier alpha value is -2.16. The second kappa shape index (κ2) is 4.57. The highest BCUT2D eigenvalue weighted by Gasteiger charge is 2.07. The lowest BCUT2D eigenvalue weighted by molar-refractivity contribution is 0.0996. The first-order valence-electron chi connectivity index (χ1n) is 5.05. The van der Waals surface area contributed by atoms with Crippen LogP contribution < -0.4 is 0 Å². The Bertz CT molecular complexity index is 500. The molecule has 2 aromatic rings. The number of nitrogens with zero attached hydrogens (tertiary/aromatic N) is 2. The van der Waals surface area contributed by atoms with Gasteiger partial charge in [-0.25, -0.2) is 4.68 Å². The van der Waals surface area contributed by atoms with Gasteiger partial charge in [0.25, 0.3) is 0 Å². The average molecular weight is 212 g/mol. The Morgan fingerprint density at radius 1 is 1.38 bits per heavy atom. The SMILES string of the molecule is C=CCC(=O)c1cnn(-c2ccccc2)c1. The van der Waals surface area contributed by atoms with Gasteiger partial charge in [0, 0.05) is 12.6 Å². The number of hydrogen-bond acceptors (Lipinski definition) is 2. The summed E-state index contributed by atoms with van der Waals surface area (Å²) in [6.07, 6.45) is 5.27. The van der Waals surface area contributed by atoms with E-state index in [9.17, 15) is 4.79 Å². The second-order valence-electron chi connectivity index (χ2n) is 3.43. The van der Waals surface area contributed by atoms with E-state index in [4.69, 9.17) is 0 Å². The van der Waals surface area contributed by atoms with Crippen LogP contribution in [0.4, 0.5) is 0 Å². The van der Waals surface area contributed by atoms with Crippen molar-refractivity contribution in [1.29, 1.82) is 0 Å². The van der Waals surface area contributed by atoms with Crippen LogP contribution in [-0.2, 0) is 0 Å². The molecule has 0 atom stereocenters. The third kappa shape index (κ3) is 2.08. The van der Waals surface area contributed by atoms with Gasteiger partial charge in [0.1, 0.15) is 0 Å². The molecule has 0 N–H and O–H groups in total. The maximum absolute atomic E-state index is 11.6. The monoisotopic (exact) mass is 212 g/mol. The smallest absolute Gasteiger partial charge is 0.169 e. The zero-order valence-electron chi connectivity index (χ0n) is 8.84. The van der Waals surface area contributed by atoms with Gasteiger partial charge in [0.15, 0.2) is 5.78 Å². The van der Waals surface area contributed by atoms with E-state index in [0.29, 0.717) is 12.0 Å². The number of para-hydroxylation sites is 1. The molecule has 0 bridgehead atoms. The van der Waals surface area contributed by atoms with Gasteiger partial charge in [-0.05, 0) is 12.1 Å². The Morgan fingerprint density at radius 2 is 2.12 bits per heavy atom. The molecule has 0 unspecified atom stereocenters. The molecule has 1 aromatic carbocycles. The molecule has 0 fully saturated rings. The minimum atomic E-state index is 0.0391. The molecule has 0 radical (unpaired) electrons. The first-order chi connectivity index (χ1) is 7.81. The van der Waals surface area contributed by atoms with Crippen LogP contribution >= 0.6 is 0 Å². The van der Waals surface area contributed by atoms with Gasteiger partial charge < -0.3 is 0 Å². The molecule has 0 aliphatic carbocycles. The molecule has 3 heteroatoms. The molecule has 0 saturated carbocycles. The zero-order chi connectivity index (χ0) is 11.4. The van der Waals surface area contributed by atoms with E-state index >= 15 is 0 Å². The fourth-order valence-electron chi connectivity index (χ4n) is 1.44. The summed E-state index contributed by atoms with van der Waals surface area (Å²) in [6.45, 7) is 3.54. The molecule has 16 heavy (non-hydrogen) atoms. The number of Topliss-reactive ketones (excluding diaryl/α,β-unsaturated/α-hetero) is 1. The molecular formula is C13H12N2O. The second-order valence-corrected chi connectivity index (χ2v) is 3.43. The number of allylic oxidation sites excluding steroid dienone is 1. The lowest BCUT2D eigenvalue weighted by Crippen LogP contribution is -1.95. The third-order valence-corrected chi connectivity index (χ3v) is 2.26. The highest BCUT2D eigenvalue weighted by molar-refractivity contribution is 5.96. The summed E-state index contributed by atoms with van der Waals surface area (Å²) in [5, 5.41) is 4.15. The molecular weight excluding hydrogens is 200 g/mol. The van der Waals surface area contributed by atoms with Gasteiger partial charge in [-0.2, -0.15) is 5.10 Å². The number of carbonyl (C=O) groups excluding carboxylic acids is 1. The maximum Gasteiger partial charge on any atom is 0.169 e. The Morgan fingerprint density at radius 3 is 2.81 bits per heavy atom. The minimum absolute atomic E-state index is 0.0391. The summed E-state index contributed by atoms with van der Waals surface area (Å²) in [6, 6.07) is 9.69. The van der Waals surface area contributed by atoms with Crippen LogP contribution in [0.25, 0.3) is 5.69 Å². The van der Waals surface area contributed by atoms with Crippen LogP contribution in [0.1, 0.15) is 16.8 Å². The summed E-state index contributed by atoms with van der Waals surface area (Å²) in [4.78, 5) is 11.6. The van der Waals surface area contributed by atoms with Crippen molar-refractivity contribution in [2.24, 2.45) is 0 Å². The Kier molecular flexibility index (Phi) is 2.96. The largest absolute Gasteiger partial charge is 0.294 e. The fraction of sp³-hybridized carbons (Fsp3) is 0.0769. The molecule has 0 aliphatic heterocycles. The number of carbonyl (C=O) groups is 1. The molecule has 0 amide bonds. The van der Waals surface area contributed by atoms with Crippen LogP contribution in [0.15, 0.2) is 55.4 Å². The van der Waals surface area contributed by atoms with Gasteiger partial charge >= 0.3 is 0 Å². The maximum atomic E-state index is 11.6. The molecule has 3 nitrogen and oxygen atoms in total. The topological polar surface area (TPSA) is 34.9 Å². The van der Waals surface area contributed by atoms with Crippen molar-refractivity contribution >= 4 is 5.78 Å². The van der Waals surface area contributed by atoms with Gasteiger partial charge in [-0.3, -0.25) is 4.79 Å². The van der Waals surface area contributed by atoms with Gasteiger partial charge in [0.2, 0.25) is 0 Å². The summed E-state index contributed by atoms with van der Waals surface area (Å²) in [5.74, 6) is 0.0391. The fourth-order valence-corrected chi connectivity index (χ4v) is 1.44. The van der Waals surface area contributed by atoms with E-state index in [-0.39, 0.29) is 5.78 Å². The zero-order valence-corrected chi connectivity index (χ0v) is 8.84. The summed E-state index contributed by atoms with van der Waals surface area (Å²) >= 11 is 0. The lowest BCUT2D eigenvalue weighted by Gasteiger charge is -1.98. The van der Waals surface area contributed by atoms with E-state index in [1.54, 1.807) is 23.2 Å².